The van der Waals surface area contributed by atoms with E-state index in [-0.39, 0.29) is 0 Å². The highest BCUT2D eigenvalue weighted by Crippen LogP contribution is 2.15. The molecule has 0 aliphatic carbocycles. The van der Waals surface area contributed by atoms with E-state index in [9.17, 15) is 0 Å². The lowest BCUT2D eigenvalue weighted by molar-refractivity contribution is 0.350. The summed E-state index contributed by atoms with van der Waals surface area (Å²) in [5.41, 5.74) is 6.30. The zero-order valence-electron chi connectivity index (χ0n) is 9.43. The lowest BCUT2D eigenvalue weighted by atomic mass is 10.1. The Morgan fingerprint density at radius 1 is 1.36 bits per heavy atom. The van der Waals surface area contributed by atoms with Crippen molar-refractivity contribution in [2.45, 2.75) is 20.3 Å². The molecule has 0 bridgehead atoms. The molecule has 1 N–H and O–H groups in total. The first-order chi connectivity index (χ1) is 6.58. The number of allylic oxidation sites excluding steroid dienone is 4. The van der Waals surface area contributed by atoms with Gasteiger partial charge < -0.3 is 0 Å². The Balaban J connectivity index is 4.84. The molecule has 2 heteroatoms. The Hall–Kier alpha value is -1.28. The van der Waals surface area contributed by atoms with E-state index < -0.39 is 0 Å². The zero-order valence-corrected chi connectivity index (χ0v) is 9.43. The highest BCUT2D eigenvalue weighted by atomic mass is 15.5. The van der Waals surface area contributed by atoms with E-state index >= 15 is 0 Å². The van der Waals surface area contributed by atoms with Gasteiger partial charge >= 0.3 is 0 Å². The van der Waals surface area contributed by atoms with Gasteiger partial charge in [-0.25, -0.2) is 5.43 Å². The number of hydrazine groups is 1. The minimum Gasteiger partial charge on any atom is -0.282 e. The molecule has 0 unspecified atom stereocenters. The smallest absolute Gasteiger partial charge is 0.0496 e. The molecule has 0 aliphatic rings. The summed E-state index contributed by atoms with van der Waals surface area (Å²) in [7, 11) is 1.86. The topological polar surface area (TPSA) is 15.3 Å². The predicted octanol–water partition coefficient (Wildman–Crippen LogP) is 2.99. The monoisotopic (exact) mass is 192 g/mol. The summed E-state index contributed by atoms with van der Waals surface area (Å²) < 4.78 is 0. The van der Waals surface area contributed by atoms with Gasteiger partial charge in [0.15, 0.2) is 0 Å². The van der Waals surface area contributed by atoms with Gasteiger partial charge in [0.05, 0.1) is 0 Å². The van der Waals surface area contributed by atoms with Crippen LogP contribution in [0.3, 0.4) is 0 Å². The molecular weight excluding hydrogens is 172 g/mol. The zero-order chi connectivity index (χ0) is 11.1. The van der Waals surface area contributed by atoms with E-state index in [1.165, 1.54) is 5.57 Å². The molecule has 0 radical (unpaired) electrons. The summed E-state index contributed by atoms with van der Waals surface area (Å²) in [6.07, 6.45) is 4.50. The van der Waals surface area contributed by atoms with E-state index in [0.717, 1.165) is 17.8 Å². The third-order valence-electron chi connectivity index (χ3n) is 2.15. The standard InChI is InChI=1S/C12H20N2/c1-7-9-10(3)12(5)14(13-6)11(4)8-2/h7-8,13H,1-2,4,9H2,3,5-6H3/b12-10+. The van der Waals surface area contributed by atoms with Crippen molar-refractivity contribution in [3.05, 3.63) is 48.9 Å². The maximum Gasteiger partial charge on any atom is 0.0496 e. The summed E-state index contributed by atoms with van der Waals surface area (Å²) in [6, 6.07) is 0. The summed E-state index contributed by atoms with van der Waals surface area (Å²) in [5, 5.41) is 1.91. The van der Waals surface area contributed by atoms with Crippen LogP contribution in [-0.4, -0.2) is 12.1 Å². The van der Waals surface area contributed by atoms with E-state index in [1.807, 2.05) is 25.1 Å². The van der Waals surface area contributed by atoms with Crippen LogP contribution in [0.15, 0.2) is 48.9 Å². The summed E-state index contributed by atoms with van der Waals surface area (Å²) in [5.74, 6) is 0. The number of hydrogen-bond donors (Lipinski definition) is 1. The van der Waals surface area contributed by atoms with Crippen molar-refractivity contribution in [2.75, 3.05) is 7.05 Å². The van der Waals surface area contributed by atoms with Crippen LogP contribution in [0.4, 0.5) is 0 Å². The lowest BCUT2D eigenvalue weighted by Gasteiger charge is -2.26. The maximum absolute atomic E-state index is 3.89. The molecule has 0 aromatic carbocycles. The second-order valence-electron chi connectivity index (χ2n) is 3.11. The van der Waals surface area contributed by atoms with E-state index in [2.05, 4.69) is 32.1 Å². The molecule has 0 amide bonds. The predicted molar refractivity (Wildman–Crippen MR) is 63.4 cm³/mol. The van der Waals surface area contributed by atoms with Crippen LogP contribution in [0, 0.1) is 0 Å². The first kappa shape index (κ1) is 12.7. The molecule has 14 heavy (non-hydrogen) atoms. The van der Waals surface area contributed by atoms with Crippen molar-refractivity contribution in [1.29, 1.82) is 0 Å². The lowest BCUT2D eigenvalue weighted by Crippen LogP contribution is -2.32. The molecule has 78 valence electrons. The molecule has 0 heterocycles. The number of nitrogens with one attached hydrogen (secondary N) is 1. The second kappa shape index (κ2) is 6.22. The third kappa shape index (κ3) is 3.23. The molecule has 0 atom stereocenters. The average Bonchev–Trinajstić information content (AvgIpc) is 2.18. The SMILES string of the molecule is C=CC/C(C)=C(\C)N(NC)C(=C)C=C. The summed E-state index contributed by atoms with van der Waals surface area (Å²) >= 11 is 0. The number of hydrogen-bond acceptors (Lipinski definition) is 2. The van der Waals surface area contributed by atoms with Gasteiger partial charge in [-0.3, -0.25) is 5.01 Å². The minimum absolute atomic E-state index is 0.841. The quantitative estimate of drug-likeness (QED) is 0.395. The highest BCUT2D eigenvalue weighted by Gasteiger charge is 2.06. The molecule has 0 saturated heterocycles. The largest absolute Gasteiger partial charge is 0.282 e. The molecule has 0 fully saturated rings. The van der Waals surface area contributed by atoms with Gasteiger partial charge in [0.25, 0.3) is 0 Å². The van der Waals surface area contributed by atoms with Gasteiger partial charge in [-0.15, -0.1) is 6.58 Å². The Morgan fingerprint density at radius 3 is 2.29 bits per heavy atom. The molecule has 2 nitrogen and oxygen atoms in total. The highest BCUT2D eigenvalue weighted by molar-refractivity contribution is 5.20. The van der Waals surface area contributed by atoms with Crippen molar-refractivity contribution in [3.8, 4) is 0 Å². The van der Waals surface area contributed by atoms with Gasteiger partial charge in [-0.2, -0.15) is 0 Å². The van der Waals surface area contributed by atoms with Crippen molar-refractivity contribution in [3.63, 3.8) is 0 Å². The van der Waals surface area contributed by atoms with Crippen LogP contribution < -0.4 is 5.43 Å². The fourth-order valence-corrected chi connectivity index (χ4v) is 1.17. The first-order valence-electron chi connectivity index (χ1n) is 4.64. The van der Waals surface area contributed by atoms with Crippen LogP contribution in [0.2, 0.25) is 0 Å². The Bertz CT molecular complexity index is 261. The molecule has 0 aromatic heterocycles. The van der Waals surface area contributed by atoms with Crippen LogP contribution in [0.5, 0.6) is 0 Å². The Kier molecular flexibility index (Phi) is 5.65. The van der Waals surface area contributed by atoms with Crippen LogP contribution in [0.1, 0.15) is 20.3 Å². The molecule has 0 saturated carbocycles. The van der Waals surface area contributed by atoms with Gasteiger partial charge in [0.2, 0.25) is 0 Å². The van der Waals surface area contributed by atoms with Crippen LogP contribution in [-0.2, 0) is 0 Å². The molecular formula is C12H20N2. The summed E-state index contributed by atoms with van der Waals surface area (Å²) in [6.45, 7) is 15.4. The first-order valence-corrected chi connectivity index (χ1v) is 4.64. The Labute approximate surface area is 87.3 Å². The van der Waals surface area contributed by atoms with Crippen molar-refractivity contribution < 1.29 is 0 Å². The van der Waals surface area contributed by atoms with Crippen molar-refractivity contribution in [1.82, 2.24) is 10.4 Å². The van der Waals surface area contributed by atoms with Crippen LogP contribution in [0.25, 0.3) is 0 Å². The number of nitrogens with zero attached hydrogens (tertiary/aromatic N) is 1. The molecule has 0 aromatic rings. The van der Waals surface area contributed by atoms with Crippen molar-refractivity contribution in [2.24, 2.45) is 0 Å². The van der Waals surface area contributed by atoms with Gasteiger partial charge in [-0.1, -0.05) is 19.2 Å². The normalized spacial score (nSPS) is 11.6. The van der Waals surface area contributed by atoms with E-state index in [1.54, 1.807) is 6.08 Å². The number of rotatable bonds is 6. The molecule has 0 aliphatic heterocycles. The van der Waals surface area contributed by atoms with Crippen LogP contribution >= 0.6 is 0 Å². The third-order valence-corrected chi connectivity index (χ3v) is 2.15. The fraction of sp³-hybridized carbons (Fsp3) is 0.333. The molecule has 0 rings (SSSR count). The van der Waals surface area contributed by atoms with Gasteiger partial charge in [0, 0.05) is 18.4 Å². The second-order valence-corrected chi connectivity index (χ2v) is 3.11. The Morgan fingerprint density at radius 2 is 1.93 bits per heavy atom. The molecule has 0 spiro atoms. The minimum atomic E-state index is 0.841. The fourth-order valence-electron chi connectivity index (χ4n) is 1.17. The maximum atomic E-state index is 3.89. The summed E-state index contributed by atoms with van der Waals surface area (Å²) in [4.78, 5) is 0. The van der Waals surface area contributed by atoms with Crippen molar-refractivity contribution >= 4 is 0 Å². The van der Waals surface area contributed by atoms with E-state index in [0.29, 0.717) is 0 Å². The van der Waals surface area contributed by atoms with Gasteiger partial charge in [-0.05, 0) is 31.9 Å². The average molecular weight is 192 g/mol. The van der Waals surface area contributed by atoms with E-state index in [4.69, 9.17) is 0 Å². The van der Waals surface area contributed by atoms with Gasteiger partial charge in [0.1, 0.15) is 0 Å².